The Morgan fingerprint density at radius 2 is 2.00 bits per heavy atom. The maximum Gasteiger partial charge on any atom is 0.323 e. The number of carbonyl (C=O) groups excluding carboxylic acids is 2. The van der Waals surface area contributed by atoms with Gasteiger partial charge in [0.25, 0.3) is 0 Å². The number of anilines is 1. The smallest absolute Gasteiger partial charge is 0.323 e. The van der Waals surface area contributed by atoms with Gasteiger partial charge in [-0.25, -0.2) is 14.2 Å². The van der Waals surface area contributed by atoms with Crippen molar-refractivity contribution in [1.82, 2.24) is 19.8 Å². The van der Waals surface area contributed by atoms with Gasteiger partial charge in [-0.3, -0.25) is 15.1 Å². The first-order valence-electron chi connectivity index (χ1n) is 9.37. The number of piperidine rings is 1. The fraction of sp³-hybridized carbons (Fsp3) is 0.400. The SMILES string of the molecule is CCC(=O)N1CCC(N(C)C(=O)Nc2cnc(-c3cccc(F)c3)cn2)CC1. The molecule has 1 saturated heterocycles. The highest BCUT2D eigenvalue weighted by Crippen LogP contribution is 2.19. The second-order valence-electron chi connectivity index (χ2n) is 6.80. The topological polar surface area (TPSA) is 78.4 Å². The van der Waals surface area contributed by atoms with Crippen molar-refractivity contribution in [3.05, 3.63) is 42.5 Å². The first-order valence-corrected chi connectivity index (χ1v) is 9.37. The van der Waals surface area contributed by atoms with Crippen LogP contribution in [0.4, 0.5) is 15.0 Å². The molecule has 3 amide bonds. The zero-order valence-electron chi connectivity index (χ0n) is 16.1. The number of carbonyl (C=O) groups is 2. The Labute approximate surface area is 163 Å². The summed E-state index contributed by atoms with van der Waals surface area (Å²) in [6.45, 7) is 3.18. The number of rotatable bonds is 4. The van der Waals surface area contributed by atoms with Gasteiger partial charge >= 0.3 is 6.03 Å². The van der Waals surface area contributed by atoms with Crippen LogP contribution in [0.5, 0.6) is 0 Å². The number of hydrogen-bond acceptors (Lipinski definition) is 4. The summed E-state index contributed by atoms with van der Waals surface area (Å²) < 4.78 is 13.3. The van der Waals surface area contributed by atoms with Gasteiger partial charge in [0.15, 0.2) is 5.82 Å². The minimum absolute atomic E-state index is 0.0698. The third kappa shape index (κ3) is 4.62. The van der Waals surface area contributed by atoms with Crippen molar-refractivity contribution in [1.29, 1.82) is 0 Å². The lowest BCUT2D eigenvalue weighted by Crippen LogP contribution is -2.48. The average Bonchev–Trinajstić information content (AvgIpc) is 2.73. The third-order valence-electron chi connectivity index (χ3n) is 4.99. The minimum atomic E-state index is -0.343. The Kier molecular flexibility index (Phi) is 6.18. The molecule has 148 valence electrons. The lowest BCUT2D eigenvalue weighted by atomic mass is 10.0. The molecule has 2 aromatic rings. The van der Waals surface area contributed by atoms with Gasteiger partial charge in [-0.2, -0.15) is 0 Å². The molecule has 2 heterocycles. The maximum absolute atomic E-state index is 13.3. The number of benzene rings is 1. The molecule has 0 bridgehead atoms. The average molecular weight is 385 g/mol. The molecule has 0 radical (unpaired) electrons. The summed E-state index contributed by atoms with van der Waals surface area (Å²) in [5, 5.41) is 2.73. The Balaban J connectivity index is 1.56. The van der Waals surface area contributed by atoms with Crippen LogP contribution in [0.3, 0.4) is 0 Å². The van der Waals surface area contributed by atoms with Gasteiger partial charge in [-0.15, -0.1) is 0 Å². The number of urea groups is 1. The zero-order chi connectivity index (χ0) is 20.1. The number of hydrogen-bond donors (Lipinski definition) is 1. The van der Waals surface area contributed by atoms with Crippen LogP contribution in [0.25, 0.3) is 11.3 Å². The molecule has 3 rings (SSSR count). The minimum Gasteiger partial charge on any atom is -0.343 e. The highest BCUT2D eigenvalue weighted by Gasteiger charge is 2.27. The lowest BCUT2D eigenvalue weighted by Gasteiger charge is -2.36. The third-order valence-corrected chi connectivity index (χ3v) is 4.99. The molecule has 0 atom stereocenters. The molecule has 0 spiro atoms. The van der Waals surface area contributed by atoms with Crippen LogP contribution in [0.15, 0.2) is 36.7 Å². The zero-order valence-corrected chi connectivity index (χ0v) is 16.1. The van der Waals surface area contributed by atoms with Crippen LogP contribution in [-0.2, 0) is 4.79 Å². The summed E-state index contributed by atoms with van der Waals surface area (Å²) in [4.78, 5) is 36.2. The van der Waals surface area contributed by atoms with E-state index in [9.17, 15) is 14.0 Å². The molecule has 1 aromatic carbocycles. The molecule has 7 nitrogen and oxygen atoms in total. The summed E-state index contributed by atoms with van der Waals surface area (Å²) in [5.41, 5.74) is 1.15. The quantitative estimate of drug-likeness (QED) is 0.877. The second-order valence-corrected chi connectivity index (χ2v) is 6.80. The first kappa shape index (κ1) is 19.7. The van der Waals surface area contributed by atoms with Crippen molar-refractivity contribution in [3.63, 3.8) is 0 Å². The van der Waals surface area contributed by atoms with Crippen molar-refractivity contribution in [3.8, 4) is 11.3 Å². The highest BCUT2D eigenvalue weighted by atomic mass is 19.1. The van der Waals surface area contributed by atoms with E-state index in [1.165, 1.54) is 24.5 Å². The van der Waals surface area contributed by atoms with E-state index in [0.717, 1.165) is 12.8 Å². The van der Waals surface area contributed by atoms with Gasteiger partial charge in [0.05, 0.1) is 18.1 Å². The first-order chi connectivity index (χ1) is 13.5. The largest absolute Gasteiger partial charge is 0.343 e. The number of nitrogens with one attached hydrogen (secondary N) is 1. The number of likely N-dealkylation sites (tertiary alicyclic amines) is 1. The van der Waals surface area contributed by atoms with Crippen LogP contribution in [0, 0.1) is 5.82 Å². The van der Waals surface area contributed by atoms with Gasteiger partial charge < -0.3 is 9.80 Å². The van der Waals surface area contributed by atoms with Crippen LogP contribution in [0.1, 0.15) is 26.2 Å². The molecular formula is C20H24FN5O2. The predicted molar refractivity (Wildman–Crippen MR) is 104 cm³/mol. The van der Waals surface area contributed by atoms with Gasteiger partial charge in [0.2, 0.25) is 5.91 Å². The molecule has 1 aromatic heterocycles. The van der Waals surface area contributed by atoms with E-state index in [1.54, 1.807) is 24.1 Å². The van der Waals surface area contributed by atoms with E-state index in [1.807, 2.05) is 11.8 Å². The molecular weight excluding hydrogens is 361 g/mol. The van der Waals surface area contributed by atoms with Crippen molar-refractivity contribution in [2.75, 3.05) is 25.5 Å². The molecule has 0 aliphatic carbocycles. The molecule has 0 saturated carbocycles. The van der Waals surface area contributed by atoms with E-state index in [-0.39, 0.29) is 23.8 Å². The second kappa shape index (κ2) is 8.77. The van der Waals surface area contributed by atoms with E-state index in [0.29, 0.717) is 36.6 Å². The van der Waals surface area contributed by atoms with Gasteiger partial charge in [0.1, 0.15) is 5.82 Å². The number of halogens is 1. The Morgan fingerprint density at radius 1 is 1.25 bits per heavy atom. The lowest BCUT2D eigenvalue weighted by molar-refractivity contribution is -0.132. The van der Waals surface area contributed by atoms with Gasteiger partial charge in [-0.1, -0.05) is 19.1 Å². The normalized spacial score (nSPS) is 14.6. The molecule has 0 unspecified atom stereocenters. The number of nitrogens with zero attached hydrogens (tertiary/aromatic N) is 4. The highest BCUT2D eigenvalue weighted by molar-refractivity contribution is 5.88. The fourth-order valence-electron chi connectivity index (χ4n) is 3.28. The molecule has 28 heavy (non-hydrogen) atoms. The van der Waals surface area contributed by atoms with E-state index >= 15 is 0 Å². The predicted octanol–water partition coefficient (Wildman–Crippen LogP) is 3.15. The van der Waals surface area contributed by atoms with Crippen molar-refractivity contribution < 1.29 is 14.0 Å². The Bertz CT molecular complexity index is 835. The van der Waals surface area contributed by atoms with Gasteiger partial charge in [-0.05, 0) is 25.0 Å². The Morgan fingerprint density at radius 3 is 2.61 bits per heavy atom. The fourth-order valence-corrected chi connectivity index (χ4v) is 3.28. The van der Waals surface area contributed by atoms with Crippen molar-refractivity contribution in [2.24, 2.45) is 0 Å². The Hall–Kier alpha value is -3.03. The molecule has 1 fully saturated rings. The summed E-state index contributed by atoms with van der Waals surface area (Å²) in [6.07, 6.45) is 4.96. The molecule has 1 aliphatic heterocycles. The molecule has 1 aliphatic rings. The van der Waals surface area contributed by atoms with Crippen LogP contribution >= 0.6 is 0 Å². The summed E-state index contributed by atoms with van der Waals surface area (Å²) >= 11 is 0. The van der Waals surface area contributed by atoms with Crippen LogP contribution in [0.2, 0.25) is 0 Å². The molecule has 8 heteroatoms. The van der Waals surface area contributed by atoms with Gasteiger partial charge in [0, 0.05) is 38.2 Å². The maximum atomic E-state index is 13.3. The number of aromatic nitrogens is 2. The van der Waals surface area contributed by atoms with Crippen molar-refractivity contribution >= 4 is 17.8 Å². The monoisotopic (exact) mass is 385 g/mol. The number of amides is 3. The summed E-state index contributed by atoms with van der Waals surface area (Å²) in [5.74, 6) is 0.139. The summed E-state index contributed by atoms with van der Waals surface area (Å²) in [6, 6.07) is 5.90. The molecule has 1 N–H and O–H groups in total. The standard InChI is InChI=1S/C20H24FN5O2/c1-3-19(27)26-9-7-16(8-10-26)25(2)20(28)24-18-13-22-17(12-23-18)14-5-4-6-15(21)11-14/h4-6,11-13,16H,3,7-10H2,1-2H3,(H,23,24,28). The van der Waals surface area contributed by atoms with Crippen LogP contribution < -0.4 is 5.32 Å². The van der Waals surface area contributed by atoms with E-state index in [2.05, 4.69) is 15.3 Å². The van der Waals surface area contributed by atoms with Crippen molar-refractivity contribution in [2.45, 2.75) is 32.2 Å². The summed E-state index contributed by atoms with van der Waals surface area (Å²) in [7, 11) is 1.74. The van der Waals surface area contributed by atoms with E-state index in [4.69, 9.17) is 0 Å². The van der Waals surface area contributed by atoms with E-state index < -0.39 is 0 Å². The van der Waals surface area contributed by atoms with Crippen LogP contribution in [-0.4, -0.2) is 57.9 Å².